The molecule has 0 spiro atoms. The monoisotopic (exact) mass is 231 g/mol. The summed E-state index contributed by atoms with van der Waals surface area (Å²) >= 11 is 5.60. The van der Waals surface area contributed by atoms with Crippen molar-refractivity contribution in [1.29, 1.82) is 0 Å². The topological polar surface area (TPSA) is 89.7 Å². The third-order valence-electron chi connectivity index (χ3n) is 1.67. The highest BCUT2D eigenvalue weighted by Gasteiger charge is 2.20. The van der Waals surface area contributed by atoms with Crippen LogP contribution < -0.4 is 0 Å². The molecule has 0 fully saturated rings. The fourth-order valence-electron chi connectivity index (χ4n) is 0.964. The number of hydrogen-bond donors (Lipinski definition) is 1. The van der Waals surface area contributed by atoms with E-state index >= 15 is 0 Å². The summed E-state index contributed by atoms with van der Waals surface area (Å²) < 4.78 is 4.37. The van der Waals surface area contributed by atoms with Gasteiger partial charge in [-0.15, -0.1) is 0 Å². The predicted molar refractivity (Wildman–Crippen MR) is 51.1 cm³/mol. The number of methoxy groups -OCH3 is 1. The lowest BCUT2D eigenvalue weighted by Crippen LogP contribution is -2.02. The Kier molecular flexibility index (Phi) is 3.11. The van der Waals surface area contributed by atoms with Gasteiger partial charge >= 0.3 is 11.7 Å². The molecule has 0 bridgehead atoms. The first-order valence-electron chi connectivity index (χ1n) is 3.72. The second-order valence-corrected chi connectivity index (χ2v) is 2.98. The van der Waals surface area contributed by atoms with Crippen LogP contribution in [0.2, 0.25) is 5.02 Å². The van der Waals surface area contributed by atoms with Gasteiger partial charge in [-0.05, 0) is 0 Å². The molecular formula is C8H6ClNO5. The number of carbonyl (C=O) groups is 1. The standard InChI is InChI=1S/C8H6ClNO5/c1-15-8(12)4-2-7(11)6(10(13)14)3-5(4)9/h2-3,11H,1H3. The van der Waals surface area contributed by atoms with Crippen LogP contribution >= 0.6 is 11.6 Å². The number of rotatable bonds is 2. The molecule has 1 aromatic carbocycles. The number of halogens is 1. The van der Waals surface area contributed by atoms with Crippen molar-refractivity contribution in [3.63, 3.8) is 0 Å². The lowest BCUT2D eigenvalue weighted by molar-refractivity contribution is -0.385. The Labute approximate surface area is 89.2 Å². The van der Waals surface area contributed by atoms with E-state index in [1.54, 1.807) is 0 Å². The minimum absolute atomic E-state index is 0.123. The van der Waals surface area contributed by atoms with Crippen LogP contribution in [0.3, 0.4) is 0 Å². The van der Waals surface area contributed by atoms with Crippen LogP contribution in [0.25, 0.3) is 0 Å². The summed E-state index contributed by atoms with van der Waals surface area (Å²) in [6.45, 7) is 0. The highest BCUT2D eigenvalue weighted by molar-refractivity contribution is 6.33. The number of nitrogens with zero attached hydrogens (tertiary/aromatic N) is 1. The Morgan fingerprint density at radius 3 is 2.67 bits per heavy atom. The number of ether oxygens (including phenoxy) is 1. The molecule has 0 aliphatic heterocycles. The van der Waals surface area contributed by atoms with Gasteiger partial charge in [-0.25, -0.2) is 4.79 Å². The molecule has 0 atom stereocenters. The van der Waals surface area contributed by atoms with Gasteiger partial charge in [-0.3, -0.25) is 10.1 Å². The molecular weight excluding hydrogens is 226 g/mol. The van der Waals surface area contributed by atoms with E-state index in [-0.39, 0.29) is 10.6 Å². The molecule has 7 heteroatoms. The molecule has 0 radical (unpaired) electrons. The number of esters is 1. The zero-order valence-corrected chi connectivity index (χ0v) is 8.32. The minimum atomic E-state index is -0.803. The lowest BCUT2D eigenvalue weighted by atomic mass is 10.2. The number of hydrogen-bond acceptors (Lipinski definition) is 5. The van der Waals surface area contributed by atoms with Crippen molar-refractivity contribution in [2.75, 3.05) is 7.11 Å². The van der Waals surface area contributed by atoms with Crippen molar-refractivity contribution in [2.45, 2.75) is 0 Å². The highest BCUT2D eigenvalue weighted by atomic mass is 35.5. The molecule has 0 aromatic heterocycles. The first-order chi connectivity index (χ1) is 6.97. The van der Waals surface area contributed by atoms with Gasteiger partial charge in [0.15, 0.2) is 5.75 Å². The van der Waals surface area contributed by atoms with E-state index in [0.29, 0.717) is 0 Å². The van der Waals surface area contributed by atoms with Gasteiger partial charge in [0.05, 0.1) is 22.6 Å². The minimum Gasteiger partial charge on any atom is -0.502 e. The quantitative estimate of drug-likeness (QED) is 0.476. The SMILES string of the molecule is COC(=O)c1cc(O)c([N+](=O)[O-])cc1Cl. The fourth-order valence-corrected chi connectivity index (χ4v) is 1.20. The summed E-state index contributed by atoms with van der Waals surface area (Å²) in [5.74, 6) is -1.41. The van der Waals surface area contributed by atoms with Crippen LogP contribution in [0, 0.1) is 10.1 Å². The first kappa shape index (κ1) is 11.3. The van der Waals surface area contributed by atoms with Crippen LogP contribution in [-0.4, -0.2) is 23.1 Å². The Balaban J connectivity index is 3.31. The first-order valence-corrected chi connectivity index (χ1v) is 4.10. The Hall–Kier alpha value is -1.82. The van der Waals surface area contributed by atoms with Crippen LogP contribution in [-0.2, 0) is 4.74 Å². The van der Waals surface area contributed by atoms with E-state index in [9.17, 15) is 20.0 Å². The maximum atomic E-state index is 11.1. The lowest BCUT2D eigenvalue weighted by Gasteiger charge is -2.03. The molecule has 6 nitrogen and oxygen atoms in total. The zero-order valence-electron chi connectivity index (χ0n) is 7.56. The molecule has 0 amide bonds. The molecule has 80 valence electrons. The van der Waals surface area contributed by atoms with Crippen LogP contribution in [0.4, 0.5) is 5.69 Å². The average molecular weight is 232 g/mol. The Morgan fingerprint density at radius 2 is 2.20 bits per heavy atom. The number of nitro groups is 1. The molecule has 15 heavy (non-hydrogen) atoms. The van der Waals surface area contributed by atoms with Crippen molar-refractivity contribution < 1.29 is 19.6 Å². The van der Waals surface area contributed by atoms with Gasteiger partial charge in [0.1, 0.15) is 0 Å². The van der Waals surface area contributed by atoms with Crippen molar-refractivity contribution in [2.24, 2.45) is 0 Å². The van der Waals surface area contributed by atoms with Gasteiger partial charge in [0.25, 0.3) is 0 Å². The maximum Gasteiger partial charge on any atom is 0.339 e. The second-order valence-electron chi connectivity index (χ2n) is 2.57. The number of phenolic OH excluding ortho intramolecular Hbond substituents is 1. The van der Waals surface area contributed by atoms with E-state index < -0.39 is 22.3 Å². The summed E-state index contributed by atoms with van der Waals surface area (Å²) in [5, 5.41) is 19.5. The fraction of sp³-hybridized carbons (Fsp3) is 0.125. The van der Waals surface area contributed by atoms with Gasteiger partial charge < -0.3 is 9.84 Å². The van der Waals surface area contributed by atoms with Crippen molar-refractivity contribution >= 4 is 23.3 Å². The number of nitro benzene ring substituents is 1. The van der Waals surface area contributed by atoms with Crippen molar-refractivity contribution in [1.82, 2.24) is 0 Å². The number of aromatic hydroxyl groups is 1. The normalized spacial score (nSPS) is 9.73. The van der Waals surface area contributed by atoms with Gasteiger partial charge in [-0.1, -0.05) is 11.6 Å². The number of benzene rings is 1. The molecule has 1 rings (SSSR count). The molecule has 0 saturated heterocycles. The molecule has 0 unspecified atom stereocenters. The Morgan fingerprint density at radius 1 is 1.60 bits per heavy atom. The second kappa shape index (κ2) is 4.14. The Bertz CT molecular complexity index is 431. The predicted octanol–water partition coefficient (Wildman–Crippen LogP) is 1.74. The van der Waals surface area contributed by atoms with E-state index in [0.717, 1.165) is 19.2 Å². The highest BCUT2D eigenvalue weighted by Crippen LogP contribution is 2.32. The summed E-state index contributed by atoms with van der Waals surface area (Å²) in [6, 6.07) is 1.79. The number of carbonyl (C=O) groups excluding carboxylic acids is 1. The van der Waals surface area contributed by atoms with Gasteiger partial charge in [0.2, 0.25) is 0 Å². The third-order valence-corrected chi connectivity index (χ3v) is 1.98. The van der Waals surface area contributed by atoms with Crippen LogP contribution in [0.5, 0.6) is 5.75 Å². The average Bonchev–Trinajstić information content (AvgIpc) is 2.19. The van der Waals surface area contributed by atoms with Crippen molar-refractivity contribution in [3.8, 4) is 5.75 Å². The summed E-state index contributed by atoms with van der Waals surface area (Å²) in [7, 11) is 1.14. The molecule has 0 heterocycles. The van der Waals surface area contributed by atoms with Gasteiger partial charge in [-0.2, -0.15) is 0 Å². The number of phenols is 1. The third kappa shape index (κ3) is 2.16. The van der Waals surface area contributed by atoms with E-state index in [4.69, 9.17) is 11.6 Å². The maximum absolute atomic E-state index is 11.1. The van der Waals surface area contributed by atoms with E-state index in [1.807, 2.05) is 0 Å². The molecule has 0 aliphatic rings. The summed E-state index contributed by atoms with van der Waals surface area (Å²) in [4.78, 5) is 20.7. The van der Waals surface area contributed by atoms with Crippen LogP contribution in [0.15, 0.2) is 12.1 Å². The van der Waals surface area contributed by atoms with Crippen molar-refractivity contribution in [3.05, 3.63) is 32.8 Å². The van der Waals surface area contributed by atoms with E-state index in [2.05, 4.69) is 4.74 Å². The molecule has 1 aromatic rings. The van der Waals surface area contributed by atoms with Crippen LogP contribution in [0.1, 0.15) is 10.4 Å². The summed E-state index contributed by atoms with van der Waals surface area (Å²) in [5.41, 5.74) is -0.685. The zero-order chi connectivity index (χ0) is 11.6. The molecule has 1 N–H and O–H groups in total. The molecule has 0 aliphatic carbocycles. The largest absolute Gasteiger partial charge is 0.502 e. The molecule has 0 saturated carbocycles. The van der Waals surface area contributed by atoms with E-state index in [1.165, 1.54) is 0 Å². The summed E-state index contributed by atoms with van der Waals surface area (Å²) in [6.07, 6.45) is 0. The smallest absolute Gasteiger partial charge is 0.339 e. The van der Waals surface area contributed by atoms with Gasteiger partial charge in [0, 0.05) is 12.1 Å².